The van der Waals surface area contributed by atoms with Crippen molar-refractivity contribution in [3.63, 3.8) is 0 Å². The van der Waals surface area contributed by atoms with E-state index in [-0.39, 0.29) is 6.04 Å². The minimum Gasteiger partial charge on any atom is -0.325 e. The number of hydrogen-bond donors (Lipinski definition) is 3. The predicted octanol–water partition coefficient (Wildman–Crippen LogP) is -0.159. The molecule has 3 nitrogen and oxygen atoms in total. The fourth-order valence-corrected chi connectivity index (χ4v) is 1.78. The van der Waals surface area contributed by atoms with Crippen LogP contribution in [-0.2, 0) is 0 Å². The Bertz CT molecular complexity index is 129. The van der Waals surface area contributed by atoms with Gasteiger partial charge >= 0.3 is 0 Å². The fourth-order valence-electron chi connectivity index (χ4n) is 1.41. The summed E-state index contributed by atoms with van der Waals surface area (Å²) in [6.45, 7) is 6.09. The quantitative estimate of drug-likeness (QED) is 0.511. The van der Waals surface area contributed by atoms with Crippen molar-refractivity contribution in [3.8, 4) is 0 Å². The van der Waals surface area contributed by atoms with Crippen LogP contribution < -0.4 is 11.1 Å². The van der Waals surface area contributed by atoms with E-state index in [1.165, 1.54) is 0 Å². The van der Waals surface area contributed by atoms with Crippen LogP contribution in [0.2, 0.25) is 0 Å². The minimum atomic E-state index is 0.231. The SMILES string of the molecule is CC(C)N[C@H]1CN(S)C[C@H]1N. The van der Waals surface area contributed by atoms with E-state index in [9.17, 15) is 0 Å². The minimum absolute atomic E-state index is 0.231. The van der Waals surface area contributed by atoms with Crippen LogP contribution in [-0.4, -0.2) is 35.5 Å². The van der Waals surface area contributed by atoms with Gasteiger partial charge in [0, 0.05) is 31.2 Å². The number of thiol groups is 1. The van der Waals surface area contributed by atoms with E-state index in [1.807, 2.05) is 4.31 Å². The highest BCUT2D eigenvalue weighted by Gasteiger charge is 2.28. The number of rotatable bonds is 2. The molecule has 0 aromatic heterocycles. The van der Waals surface area contributed by atoms with Gasteiger partial charge in [-0.05, 0) is 0 Å². The van der Waals surface area contributed by atoms with Crippen LogP contribution in [0.5, 0.6) is 0 Å². The maximum atomic E-state index is 5.86. The van der Waals surface area contributed by atoms with Crippen molar-refractivity contribution in [1.29, 1.82) is 0 Å². The van der Waals surface area contributed by atoms with E-state index in [2.05, 4.69) is 32.0 Å². The number of hydrogen-bond acceptors (Lipinski definition) is 4. The standard InChI is InChI=1S/C7H17N3S/c1-5(2)9-7-4-10(11)3-6(7)8/h5-7,9,11H,3-4,8H2,1-2H3/t6-,7+/m1/s1. The van der Waals surface area contributed by atoms with Crippen molar-refractivity contribution in [2.75, 3.05) is 13.1 Å². The maximum absolute atomic E-state index is 5.86. The molecule has 1 aliphatic heterocycles. The van der Waals surface area contributed by atoms with Gasteiger partial charge in [-0.3, -0.25) is 4.31 Å². The lowest BCUT2D eigenvalue weighted by atomic mass is 10.1. The van der Waals surface area contributed by atoms with Gasteiger partial charge < -0.3 is 11.1 Å². The molecule has 3 N–H and O–H groups in total. The van der Waals surface area contributed by atoms with Crippen LogP contribution in [0.25, 0.3) is 0 Å². The molecular weight excluding hydrogens is 158 g/mol. The second-order valence-corrected chi connectivity index (χ2v) is 4.03. The zero-order chi connectivity index (χ0) is 8.43. The summed E-state index contributed by atoms with van der Waals surface area (Å²) in [5.74, 6) is 0. The Balaban J connectivity index is 2.34. The van der Waals surface area contributed by atoms with E-state index in [4.69, 9.17) is 5.73 Å². The topological polar surface area (TPSA) is 41.3 Å². The van der Waals surface area contributed by atoms with Crippen molar-refractivity contribution < 1.29 is 0 Å². The summed E-state index contributed by atoms with van der Waals surface area (Å²) >= 11 is 4.25. The summed E-state index contributed by atoms with van der Waals surface area (Å²) in [6.07, 6.45) is 0. The Morgan fingerprint density at radius 2 is 2.18 bits per heavy atom. The van der Waals surface area contributed by atoms with Crippen LogP contribution in [0.15, 0.2) is 0 Å². The molecule has 1 saturated heterocycles. The Morgan fingerprint density at radius 1 is 1.55 bits per heavy atom. The van der Waals surface area contributed by atoms with Crippen molar-refractivity contribution >= 4 is 12.8 Å². The van der Waals surface area contributed by atoms with Crippen molar-refractivity contribution in [3.05, 3.63) is 0 Å². The molecule has 0 aromatic carbocycles. The molecule has 66 valence electrons. The van der Waals surface area contributed by atoms with Gasteiger partial charge in [-0.25, -0.2) is 0 Å². The zero-order valence-electron chi connectivity index (χ0n) is 7.12. The van der Waals surface area contributed by atoms with Crippen molar-refractivity contribution in [2.24, 2.45) is 5.73 Å². The first-order valence-electron chi connectivity index (χ1n) is 4.05. The Kier molecular flexibility index (Phi) is 3.18. The molecule has 0 amide bonds. The van der Waals surface area contributed by atoms with Crippen molar-refractivity contribution in [1.82, 2.24) is 9.62 Å². The van der Waals surface area contributed by atoms with Crippen molar-refractivity contribution in [2.45, 2.75) is 32.0 Å². The lowest BCUT2D eigenvalue weighted by Crippen LogP contribution is -2.46. The first-order valence-corrected chi connectivity index (χ1v) is 4.45. The average Bonchev–Trinajstić information content (AvgIpc) is 2.09. The molecule has 0 radical (unpaired) electrons. The Labute approximate surface area is 73.9 Å². The Hall–Kier alpha value is 0.230. The molecular formula is C7H17N3S. The number of nitrogens with one attached hydrogen (secondary N) is 1. The third kappa shape index (κ3) is 2.63. The lowest BCUT2D eigenvalue weighted by Gasteiger charge is -2.18. The second-order valence-electron chi connectivity index (χ2n) is 3.46. The maximum Gasteiger partial charge on any atom is 0.0371 e. The molecule has 0 saturated carbocycles. The lowest BCUT2D eigenvalue weighted by molar-refractivity contribution is 0.448. The molecule has 2 atom stereocenters. The van der Waals surface area contributed by atoms with Gasteiger partial charge in [-0.15, -0.1) is 0 Å². The zero-order valence-corrected chi connectivity index (χ0v) is 8.01. The van der Waals surface area contributed by atoms with Crippen LogP contribution in [0, 0.1) is 0 Å². The molecule has 0 unspecified atom stereocenters. The molecule has 0 aromatic rings. The fraction of sp³-hybridized carbons (Fsp3) is 1.00. The first kappa shape index (κ1) is 9.32. The summed E-state index contributed by atoms with van der Waals surface area (Å²) in [7, 11) is 0. The second kappa shape index (κ2) is 3.76. The van der Waals surface area contributed by atoms with Gasteiger partial charge in [-0.2, -0.15) is 0 Å². The van der Waals surface area contributed by atoms with Crippen LogP contribution >= 0.6 is 12.8 Å². The molecule has 0 aliphatic carbocycles. The van der Waals surface area contributed by atoms with Crippen LogP contribution in [0.1, 0.15) is 13.8 Å². The van der Waals surface area contributed by atoms with E-state index >= 15 is 0 Å². The molecule has 0 bridgehead atoms. The number of nitrogens with zero attached hydrogens (tertiary/aromatic N) is 1. The highest BCUT2D eigenvalue weighted by molar-refractivity contribution is 7.77. The molecule has 1 aliphatic rings. The summed E-state index contributed by atoms with van der Waals surface area (Å²) < 4.78 is 1.96. The molecule has 1 fully saturated rings. The molecule has 4 heteroatoms. The molecule has 1 heterocycles. The molecule has 1 rings (SSSR count). The molecule has 0 spiro atoms. The van der Waals surface area contributed by atoms with E-state index in [0.717, 1.165) is 13.1 Å². The van der Waals surface area contributed by atoms with Gasteiger partial charge in [0.15, 0.2) is 0 Å². The highest BCUT2D eigenvalue weighted by Crippen LogP contribution is 2.10. The van der Waals surface area contributed by atoms with E-state index in [1.54, 1.807) is 0 Å². The van der Waals surface area contributed by atoms with Gasteiger partial charge in [-0.1, -0.05) is 26.7 Å². The van der Waals surface area contributed by atoms with Crippen LogP contribution in [0.4, 0.5) is 0 Å². The van der Waals surface area contributed by atoms with E-state index < -0.39 is 0 Å². The summed E-state index contributed by atoms with van der Waals surface area (Å²) in [5, 5.41) is 3.41. The van der Waals surface area contributed by atoms with Gasteiger partial charge in [0.1, 0.15) is 0 Å². The third-order valence-corrected chi connectivity index (χ3v) is 2.22. The monoisotopic (exact) mass is 175 g/mol. The van der Waals surface area contributed by atoms with Gasteiger partial charge in [0.05, 0.1) is 0 Å². The highest BCUT2D eigenvalue weighted by atomic mass is 32.1. The summed E-state index contributed by atoms with van der Waals surface area (Å²) in [4.78, 5) is 0. The van der Waals surface area contributed by atoms with Crippen LogP contribution in [0.3, 0.4) is 0 Å². The smallest absolute Gasteiger partial charge is 0.0371 e. The van der Waals surface area contributed by atoms with Gasteiger partial charge in [0.2, 0.25) is 0 Å². The summed E-state index contributed by atoms with van der Waals surface area (Å²) in [6, 6.07) is 1.15. The predicted molar refractivity (Wildman–Crippen MR) is 50.6 cm³/mol. The summed E-state index contributed by atoms with van der Waals surface area (Å²) in [5.41, 5.74) is 5.86. The Morgan fingerprint density at radius 3 is 2.55 bits per heavy atom. The molecule has 11 heavy (non-hydrogen) atoms. The largest absolute Gasteiger partial charge is 0.325 e. The van der Waals surface area contributed by atoms with E-state index in [0.29, 0.717) is 12.1 Å². The number of nitrogens with two attached hydrogens (primary N) is 1. The van der Waals surface area contributed by atoms with Gasteiger partial charge in [0.25, 0.3) is 0 Å². The third-order valence-electron chi connectivity index (χ3n) is 1.89. The first-order chi connectivity index (χ1) is 5.09. The average molecular weight is 175 g/mol. The normalized spacial score (nSPS) is 33.5.